The van der Waals surface area contributed by atoms with E-state index < -0.39 is 44.2 Å². The van der Waals surface area contributed by atoms with Crippen LogP contribution in [-0.4, -0.2) is 49.6 Å². The maximum absolute atomic E-state index is 11.8. The van der Waals surface area contributed by atoms with Crippen LogP contribution in [0, 0.1) is 0 Å². The molecule has 0 saturated carbocycles. The van der Waals surface area contributed by atoms with Crippen molar-refractivity contribution in [2.75, 3.05) is 6.61 Å². The second-order valence-corrected chi connectivity index (χ2v) is 5.49. The molecule has 10 nitrogen and oxygen atoms in total. The van der Waals surface area contributed by atoms with Crippen molar-refractivity contribution >= 4 is 8.53 Å². The molecule has 0 spiro atoms. The van der Waals surface area contributed by atoms with Gasteiger partial charge in [0, 0.05) is 13.2 Å². The number of aliphatic hydroxyl groups is 2. The number of nitrogens with one attached hydrogen (secondary N) is 1. The summed E-state index contributed by atoms with van der Waals surface area (Å²) in [6, 6.07) is 0. The maximum Gasteiger partial charge on any atom is 0.328 e. The van der Waals surface area contributed by atoms with Gasteiger partial charge in [0.05, 0.1) is 12.2 Å². The number of ether oxygens (including phenoxy) is 1. The predicted octanol–water partition coefficient (Wildman–Crippen LogP) is -2.57. The average Bonchev–Trinajstić information content (AvgIpc) is 2.68. The van der Waals surface area contributed by atoms with Crippen LogP contribution in [0.3, 0.4) is 0 Å². The molecule has 0 bridgehead atoms. The van der Waals surface area contributed by atoms with Gasteiger partial charge in [0.15, 0.2) is 0 Å². The topological polar surface area (TPSA) is 160 Å². The van der Waals surface area contributed by atoms with Crippen LogP contribution in [0.5, 0.6) is 0 Å². The van der Waals surface area contributed by atoms with Crippen molar-refractivity contribution in [3.05, 3.63) is 32.6 Å². The van der Waals surface area contributed by atoms with Gasteiger partial charge < -0.3 is 28.9 Å². The Labute approximate surface area is 119 Å². The molecule has 6 N–H and O–H groups in total. The molecule has 2 heterocycles. The zero-order valence-electron chi connectivity index (χ0n) is 11.0. The Bertz CT molecular complexity index is 615. The predicted molar refractivity (Wildman–Crippen MR) is 71.2 cm³/mol. The van der Waals surface area contributed by atoms with Crippen LogP contribution in [0.2, 0.25) is 0 Å². The van der Waals surface area contributed by atoms with Gasteiger partial charge in [-0.05, 0) is 0 Å². The molecule has 0 amide bonds. The molecule has 1 aromatic rings. The second-order valence-electron chi connectivity index (χ2n) is 4.63. The number of aryl methyl sites for hydroxylation is 1. The SMILES string of the molecule is Cn1cc([C@@H]2O[C@H](COP(N)O)[C@@H](O)[C@H]2O)c(=O)[nH]c1=O. The summed E-state index contributed by atoms with van der Waals surface area (Å²) in [4.78, 5) is 34.0. The number of hydrogen-bond donors (Lipinski definition) is 5. The highest BCUT2D eigenvalue weighted by Gasteiger charge is 2.44. The number of nitrogens with zero attached hydrogens (tertiary/aromatic N) is 1. The molecule has 1 unspecified atom stereocenters. The smallest absolute Gasteiger partial charge is 0.328 e. The van der Waals surface area contributed by atoms with Crippen molar-refractivity contribution in [1.82, 2.24) is 9.55 Å². The summed E-state index contributed by atoms with van der Waals surface area (Å²) >= 11 is 0. The number of aliphatic hydroxyl groups excluding tert-OH is 2. The molecule has 0 aliphatic carbocycles. The molecule has 1 saturated heterocycles. The highest BCUT2D eigenvalue weighted by Crippen LogP contribution is 2.33. The van der Waals surface area contributed by atoms with Crippen molar-refractivity contribution in [2.24, 2.45) is 12.6 Å². The number of H-pyrrole nitrogens is 1. The number of nitrogens with two attached hydrogens (primary N) is 1. The third-order valence-corrected chi connectivity index (χ3v) is 3.59. The first-order valence-electron chi connectivity index (χ1n) is 5.99. The lowest BCUT2D eigenvalue weighted by molar-refractivity contribution is -0.0172. The van der Waals surface area contributed by atoms with E-state index in [-0.39, 0.29) is 12.2 Å². The van der Waals surface area contributed by atoms with Crippen LogP contribution in [0.4, 0.5) is 0 Å². The molecule has 5 atom stereocenters. The van der Waals surface area contributed by atoms with E-state index in [1.807, 2.05) is 0 Å². The summed E-state index contributed by atoms with van der Waals surface area (Å²) in [5.74, 6) is 0. The van der Waals surface area contributed by atoms with Gasteiger partial charge in [0.1, 0.15) is 24.4 Å². The van der Waals surface area contributed by atoms with E-state index in [9.17, 15) is 19.8 Å². The largest absolute Gasteiger partial charge is 0.387 e. The fraction of sp³-hybridized carbons (Fsp3) is 0.600. The van der Waals surface area contributed by atoms with E-state index in [1.54, 1.807) is 0 Å². The van der Waals surface area contributed by atoms with Crippen LogP contribution < -0.4 is 16.8 Å². The second kappa shape index (κ2) is 6.32. The Balaban J connectivity index is 2.23. The third kappa shape index (κ3) is 3.38. The molecule has 1 aliphatic heterocycles. The van der Waals surface area contributed by atoms with Gasteiger partial charge in [-0.3, -0.25) is 15.3 Å². The monoisotopic (exact) mass is 321 g/mol. The van der Waals surface area contributed by atoms with E-state index in [2.05, 4.69) is 4.98 Å². The van der Waals surface area contributed by atoms with E-state index in [1.165, 1.54) is 13.2 Å². The van der Waals surface area contributed by atoms with Crippen molar-refractivity contribution in [1.29, 1.82) is 0 Å². The lowest BCUT2D eigenvalue weighted by Crippen LogP contribution is -2.35. The molecule has 0 radical (unpaired) electrons. The molecular formula is C10H16N3O7P. The van der Waals surface area contributed by atoms with Gasteiger partial charge in [-0.15, -0.1) is 0 Å². The fourth-order valence-electron chi connectivity index (χ4n) is 2.08. The third-order valence-electron chi connectivity index (χ3n) is 3.18. The van der Waals surface area contributed by atoms with Gasteiger partial charge in [0.2, 0.25) is 8.53 Å². The Morgan fingerprint density at radius 3 is 2.76 bits per heavy atom. The first-order chi connectivity index (χ1) is 9.81. The van der Waals surface area contributed by atoms with Gasteiger partial charge in [-0.2, -0.15) is 0 Å². The molecule has 2 rings (SSSR count). The Morgan fingerprint density at radius 1 is 1.48 bits per heavy atom. The number of aromatic amines is 1. The maximum atomic E-state index is 11.8. The van der Waals surface area contributed by atoms with E-state index in [0.717, 1.165) is 4.57 Å². The fourth-order valence-corrected chi connectivity index (χ4v) is 2.38. The minimum Gasteiger partial charge on any atom is -0.387 e. The van der Waals surface area contributed by atoms with Gasteiger partial charge in [-0.25, -0.2) is 4.79 Å². The number of rotatable bonds is 4. The minimum absolute atomic E-state index is 0.00478. The summed E-state index contributed by atoms with van der Waals surface area (Å²) in [6.45, 7) is -0.239. The van der Waals surface area contributed by atoms with Crippen molar-refractivity contribution in [2.45, 2.75) is 24.4 Å². The molecule has 1 aliphatic rings. The van der Waals surface area contributed by atoms with Crippen LogP contribution in [-0.2, 0) is 16.3 Å². The van der Waals surface area contributed by atoms with Crippen LogP contribution in [0.25, 0.3) is 0 Å². The number of hydrogen-bond acceptors (Lipinski definition) is 8. The Morgan fingerprint density at radius 2 is 2.14 bits per heavy atom. The Hall–Kier alpha value is -1.13. The van der Waals surface area contributed by atoms with Crippen molar-refractivity contribution in [3.8, 4) is 0 Å². The van der Waals surface area contributed by atoms with Gasteiger partial charge in [0.25, 0.3) is 5.56 Å². The zero-order valence-corrected chi connectivity index (χ0v) is 11.9. The summed E-state index contributed by atoms with van der Waals surface area (Å²) in [5.41, 5.74) is 3.75. The van der Waals surface area contributed by atoms with E-state index >= 15 is 0 Å². The minimum atomic E-state index is -2.12. The highest BCUT2D eigenvalue weighted by atomic mass is 31.2. The molecule has 118 valence electrons. The van der Waals surface area contributed by atoms with E-state index in [4.69, 9.17) is 19.7 Å². The van der Waals surface area contributed by atoms with E-state index in [0.29, 0.717) is 0 Å². The highest BCUT2D eigenvalue weighted by molar-refractivity contribution is 7.43. The normalized spacial score (nSPS) is 30.5. The molecule has 11 heteroatoms. The van der Waals surface area contributed by atoms with Crippen LogP contribution in [0.1, 0.15) is 11.7 Å². The van der Waals surface area contributed by atoms with Crippen molar-refractivity contribution < 1.29 is 24.4 Å². The lowest BCUT2D eigenvalue weighted by Gasteiger charge is -2.15. The van der Waals surface area contributed by atoms with Crippen LogP contribution in [0.15, 0.2) is 15.8 Å². The lowest BCUT2D eigenvalue weighted by atomic mass is 10.0. The van der Waals surface area contributed by atoms with Crippen molar-refractivity contribution in [3.63, 3.8) is 0 Å². The molecular weight excluding hydrogens is 305 g/mol. The Kier molecular flexibility index (Phi) is 4.89. The zero-order chi connectivity index (χ0) is 15.7. The molecule has 1 aromatic heterocycles. The standard InChI is InChI=1S/C10H16N3O7P/c1-13-2-4(9(16)12-10(13)17)8-7(15)6(14)5(20-8)3-19-21(11)18/h2,5-8,14-15,18H,3,11H2,1H3,(H,12,16,17)/t5-,6-,7-,8+,21?/m1/s1. The quantitative estimate of drug-likeness (QED) is 0.378. The molecule has 21 heavy (non-hydrogen) atoms. The van der Waals surface area contributed by atoms with Gasteiger partial charge >= 0.3 is 5.69 Å². The molecule has 1 fully saturated rings. The van der Waals surface area contributed by atoms with Crippen LogP contribution >= 0.6 is 8.53 Å². The summed E-state index contributed by atoms with van der Waals surface area (Å²) < 4.78 is 11.3. The first-order valence-corrected chi connectivity index (χ1v) is 7.27. The summed E-state index contributed by atoms with van der Waals surface area (Å²) in [6.07, 6.45) is -3.54. The van der Waals surface area contributed by atoms with Gasteiger partial charge in [-0.1, -0.05) is 0 Å². The summed E-state index contributed by atoms with van der Waals surface area (Å²) in [5, 5.41) is 19.8. The average molecular weight is 321 g/mol. The number of aromatic nitrogens is 2. The summed E-state index contributed by atoms with van der Waals surface area (Å²) in [7, 11) is -0.696. The first kappa shape index (κ1) is 16.2. The molecule has 0 aromatic carbocycles.